The molecular weight excluding hydrogens is 288 g/mol. The zero-order chi connectivity index (χ0) is 15.9. The number of fused-ring (bicyclic) bond motifs is 5. The molecule has 0 bridgehead atoms. The fourth-order valence-electron chi connectivity index (χ4n) is 4.41. The minimum absolute atomic E-state index is 0.665. The Morgan fingerprint density at radius 1 is 0.667 bits per heavy atom. The second kappa shape index (κ2) is 5.49. The van der Waals surface area contributed by atoms with Crippen molar-refractivity contribution in [3.8, 4) is 0 Å². The highest BCUT2D eigenvalue weighted by atomic mass is 14.3. The monoisotopic (exact) mass is 308 g/mol. The quantitative estimate of drug-likeness (QED) is 0.383. The highest BCUT2D eigenvalue weighted by molar-refractivity contribution is 6.08. The van der Waals surface area contributed by atoms with Gasteiger partial charge < -0.3 is 0 Å². The van der Waals surface area contributed by atoms with Crippen LogP contribution in [0.1, 0.15) is 29.0 Å². The Morgan fingerprint density at radius 2 is 1.46 bits per heavy atom. The van der Waals surface area contributed by atoms with Crippen molar-refractivity contribution in [2.45, 2.75) is 25.2 Å². The molecule has 24 heavy (non-hydrogen) atoms. The lowest BCUT2D eigenvalue weighted by atomic mass is 9.91. The highest BCUT2D eigenvalue weighted by Crippen LogP contribution is 2.40. The summed E-state index contributed by atoms with van der Waals surface area (Å²) in [4.78, 5) is 0. The predicted molar refractivity (Wildman–Crippen MR) is 103 cm³/mol. The van der Waals surface area contributed by atoms with Crippen LogP contribution in [0.25, 0.3) is 21.5 Å². The maximum absolute atomic E-state index is 2.39. The lowest BCUT2D eigenvalue weighted by Crippen LogP contribution is -1.98. The highest BCUT2D eigenvalue weighted by Gasteiger charge is 2.24. The summed E-state index contributed by atoms with van der Waals surface area (Å²) in [5.74, 6) is 0.665. The SMILES string of the molecule is c1ccc(CC2CCc3c2ccc2c3ccc3ccccc32)cc1. The average Bonchev–Trinajstić information content (AvgIpc) is 3.05. The molecule has 0 N–H and O–H groups in total. The fourth-order valence-corrected chi connectivity index (χ4v) is 4.41. The van der Waals surface area contributed by atoms with Crippen molar-refractivity contribution < 1.29 is 0 Å². The lowest BCUT2D eigenvalue weighted by Gasteiger charge is -2.13. The first-order valence-electron chi connectivity index (χ1n) is 8.87. The second-order valence-corrected chi connectivity index (χ2v) is 6.94. The molecule has 1 unspecified atom stereocenters. The van der Waals surface area contributed by atoms with Crippen LogP contribution in [0.4, 0.5) is 0 Å². The van der Waals surface area contributed by atoms with E-state index >= 15 is 0 Å². The van der Waals surface area contributed by atoms with E-state index in [1.165, 1.54) is 39.9 Å². The van der Waals surface area contributed by atoms with E-state index in [2.05, 4.69) is 78.9 Å². The van der Waals surface area contributed by atoms with Crippen LogP contribution in [-0.4, -0.2) is 0 Å². The first kappa shape index (κ1) is 13.8. The molecule has 4 aromatic carbocycles. The Hall–Kier alpha value is -2.60. The molecule has 0 saturated heterocycles. The summed E-state index contributed by atoms with van der Waals surface area (Å²) in [6, 6.07) is 29.0. The van der Waals surface area contributed by atoms with Crippen molar-refractivity contribution in [3.63, 3.8) is 0 Å². The van der Waals surface area contributed by atoms with Gasteiger partial charge in [0.1, 0.15) is 0 Å². The van der Waals surface area contributed by atoms with Gasteiger partial charge in [0.25, 0.3) is 0 Å². The van der Waals surface area contributed by atoms with Crippen molar-refractivity contribution in [2.24, 2.45) is 0 Å². The first-order chi connectivity index (χ1) is 11.9. The topological polar surface area (TPSA) is 0 Å². The van der Waals surface area contributed by atoms with Crippen LogP contribution >= 0.6 is 0 Å². The summed E-state index contributed by atoms with van der Waals surface area (Å²) in [7, 11) is 0. The van der Waals surface area contributed by atoms with Crippen molar-refractivity contribution in [1.29, 1.82) is 0 Å². The van der Waals surface area contributed by atoms with Crippen LogP contribution < -0.4 is 0 Å². The number of aryl methyl sites for hydroxylation is 1. The van der Waals surface area contributed by atoms with Gasteiger partial charge in [-0.2, -0.15) is 0 Å². The molecule has 0 amide bonds. The fraction of sp³-hybridized carbons (Fsp3) is 0.167. The van der Waals surface area contributed by atoms with Gasteiger partial charge >= 0.3 is 0 Å². The molecule has 0 heterocycles. The molecular formula is C24H20. The summed E-state index contributed by atoms with van der Waals surface area (Å²) in [5, 5.41) is 5.59. The largest absolute Gasteiger partial charge is 0.0622 e. The van der Waals surface area contributed by atoms with Gasteiger partial charge in [-0.05, 0) is 63.4 Å². The van der Waals surface area contributed by atoms with Crippen molar-refractivity contribution in [2.75, 3.05) is 0 Å². The minimum atomic E-state index is 0.665. The molecule has 0 nitrogen and oxygen atoms in total. The summed E-state index contributed by atoms with van der Waals surface area (Å²) >= 11 is 0. The molecule has 1 aliphatic rings. The Balaban J connectivity index is 1.63. The van der Waals surface area contributed by atoms with E-state index in [-0.39, 0.29) is 0 Å². The van der Waals surface area contributed by atoms with E-state index in [4.69, 9.17) is 0 Å². The molecule has 5 rings (SSSR count). The van der Waals surface area contributed by atoms with Gasteiger partial charge in [0.05, 0.1) is 0 Å². The summed E-state index contributed by atoms with van der Waals surface area (Å²) in [6.45, 7) is 0. The Bertz CT molecular complexity index is 1030. The van der Waals surface area contributed by atoms with E-state index in [1.807, 2.05) is 0 Å². The molecule has 0 saturated carbocycles. The standard InChI is InChI=1S/C24H20/c1-2-6-17(7-3-1)16-19-11-13-22-21(19)14-15-23-20-9-5-4-8-18(20)10-12-24(22)23/h1-10,12,14-15,19H,11,13,16H2. The third-order valence-corrected chi connectivity index (χ3v) is 5.58. The van der Waals surface area contributed by atoms with E-state index < -0.39 is 0 Å². The van der Waals surface area contributed by atoms with Crippen molar-refractivity contribution >= 4 is 21.5 Å². The third kappa shape index (κ3) is 2.14. The molecule has 0 radical (unpaired) electrons. The zero-order valence-electron chi connectivity index (χ0n) is 13.7. The zero-order valence-corrected chi connectivity index (χ0v) is 13.7. The maximum Gasteiger partial charge on any atom is -0.0102 e. The van der Waals surface area contributed by atoms with E-state index in [0.717, 1.165) is 6.42 Å². The van der Waals surface area contributed by atoms with Gasteiger partial charge in [-0.25, -0.2) is 0 Å². The normalized spacial score (nSPS) is 16.6. The summed E-state index contributed by atoms with van der Waals surface area (Å²) < 4.78 is 0. The lowest BCUT2D eigenvalue weighted by molar-refractivity contribution is 0.675. The smallest absolute Gasteiger partial charge is 0.0102 e. The molecule has 0 aromatic heterocycles. The van der Waals surface area contributed by atoms with E-state index in [0.29, 0.717) is 5.92 Å². The molecule has 1 atom stereocenters. The molecule has 116 valence electrons. The van der Waals surface area contributed by atoms with Crippen LogP contribution in [0.5, 0.6) is 0 Å². The molecule has 0 spiro atoms. The number of benzene rings is 4. The Kier molecular flexibility index (Phi) is 3.16. The van der Waals surface area contributed by atoms with Gasteiger partial charge in [-0.3, -0.25) is 0 Å². The van der Waals surface area contributed by atoms with Crippen molar-refractivity contribution in [3.05, 3.63) is 95.6 Å². The molecule has 0 fully saturated rings. The van der Waals surface area contributed by atoms with E-state index in [1.54, 1.807) is 11.1 Å². The maximum atomic E-state index is 2.39. The molecule has 1 aliphatic carbocycles. The van der Waals surface area contributed by atoms with Crippen LogP contribution in [0.15, 0.2) is 78.9 Å². The van der Waals surface area contributed by atoms with Crippen LogP contribution in [0.2, 0.25) is 0 Å². The number of hydrogen-bond donors (Lipinski definition) is 0. The van der Waals surface area contributed by atoms with Crippen LogP contribution in [-0.2, 0) is 12.8 Å². The molecule has 0 heteroatoms. The van der Waals surface area contributed by atoms with Gasteiger partial charge in [0.15, 0.2) is 0 Å². The van der Waals surface area contributed by atoms with Crippen LogP contribution in [0.3, 0.4) is 0 Å². The Morgan fingerprint density at radius 3 is 2.38 bits per heavy atom. The van der Waals surface area contributed by atoms with Gasteiger partial charge in [0, 0.05) is 0 Å². The number of rotatable bonds is 2. The second-order valence-electron chi connectivity index (χ2n) is 6.94. The van der Waals surface area contributed by atoms with Gasteiger partial charge in [-0.1, -0.05) is 78.9 Å². The van der Waals surface area contributed by atoms with Gasteiger partial charge in [-0.15, -0.1) is 0 Å². The van der Waals surface area contributed by atoms with Crippen molar-refractivity contribution in [1.82, 2.24) is 0 Å². The minimum Gasteiger partial charge on any atom is -0.0622 e. The summed E-state index contributed by atoms with van der Waals surface area (Å²) in [5.41, 5.74) is 4.61. The molecule has 4 aromatic rings. The van der Waals surface area contributed by atoms with E-state index in [9.17, 15) is 0 Å². The Labute approximate surface area is 142 Å². The molecule has 0 aliphatic heterocycles. The van der Waals surface area contributed by atoms with Gasteiger partial charge in [0.2, 0.25) is 0 Å². The average molecular weight is 308 g/mol. The predicted octanol–water partition coefficient (Wildman–Crippen LogP) is 6.27. The first-order valence-corrected chi connectivity index (χ1v) is 8.87. The third-order valence-electron chi connectivity index (χ3n) is 5.58. The van der Waals surface area contributed by atoms with Crippen LogP contribution in [0, 0.1) is 0 Å². The summed E-state index contributed by atoms with van der Waals surface area (Å²) in [6.07, 6.45) is 3.64. The number of hydrogen-bond acceptors (Lipinski definition) is 0.